The molecule has 3 nitrogen and oxygen atoms in total. The topological polar surface area (TPSA) is 28.2 Å². The van der Waals surface area contributed by atoms with Gasteiger partial charge in [-0.25, -0.2) is 4.98 Å². The second-order valence-corrected chi connectivity index (χ2v) is 5.44. The molecule has 0 fully saturated rings. The van der Waals surface area contributed by atoms with Gasteiger partial charge in [-0.05, 0) is 39.3 Å². The van der Waals surface area contributed by atoms with Crippen molar-refractivity contribution >= 4 is 5.82 Å². The van der Waals surface area contributed by atoms with Crippen LogP contribution in [0.5, 0.6) is 0 Å². The number of nitrogens with zero attached hydrogens (tertiary/aromatic N) is 2. The second-order valence-electron chi connectivity index (χ2n) is 5.44. The number of hydrogen-bond acceptors (Lipinski definition) is 3. The molecule has 0 spiro atoms. The molecule has 1 atom stereocenters. The van der Waals surface area contributed by atoms with Crippen LogP contribution in [-0.2, 0) is 6.54 Å². The zero-order chi connectivity index (χ0) is 13.5. The molecule has 0 saturated heterocycles. The van der Waals surface area contributed by atoms with E-state index in [9.17, 15) is 0 Å². The molecule has 0 aromatic carbocycles. The highest BCUT2D eigenvalue weighted by atomic mass is 15.1. The fourth-order valence-corrected chi connectivity index (χ4v) is 2.18. The number of aromatic nitrogens is 1. The Morgan fingerprint density at radius 2 is 2.06 bits per heavy atom. The number of pyridine rings is 1. The third kappa shape index (κ3) is 4.65. The van der Waals surface area contributed by atoms with Crippen molar-refractivity contribution in [3.63, 3.8) is 0 Å². The Morgan fingerprint density at radius 1 is 1.33 bits per heavy atom. The van der Waals surface area contributed by atoms with Crippen molar-refractivity contribution in [3.05, 3.63) is 23.9 Å². The number of hydrogen-bond donors (Lipinski definition) is 1. The highest BCUT2D eigenvalue weighted by molar-refractivity contribution is 5.43. The van der Waals surface area contributed by atoms with Gasteiger partial charge in [0.2, 0.25) is 0 Å². The van der Waals surface area contributed by atoms with Gasteiger partial charge in [0.25, 0.3) is 0 Å². The van der Waals surface area contributed by atoms with Crippen molar-refractivity contribution in [1.82, 2.24) is 9.88 Å². The summed E-state index contributed by atoms with van der Waals surface area (Å²) in [6.07, 6.45) is 3.08. The first-order valence-electron chi connectivity index (χ1n) is 6.92. The Labute approximate surface area is 112 Å². The Morgan fingerprint density at radius 3 is 2.67 bits per heavy atom. The lowest BCUT2D eigenvalue weighted by Crippen LogP contribution is -2.30. The molecule has 1 aromatic heterocycles. The molecule has 1 heterocycles. The molecule has 1 unspecified atom stereocenters. The SMILES string of the molecule is CCNc1ncccc1CN(C)C(C)CC(C)C. The highest BCUT2D eigenvalue weighted by Gasteiger charge is 2.13. The molecule has 0 aliphatic rings. The van der Waals surface area contributed by atoms with Gasteiger partial charge in [-0.1, -0.05) is 19.9 Å². The van der Waals surface area contributed by atoms with Crippen LogP contribution >= 0.6 is 0 Å². The van der Waals surface area contributed by atoms with E-state index in [4.69, 9.17) is 0 Å². The molecule has 3 heteroatoms. The van der Waals surface area contributed by atoms with Gasteiger partial charge in [-0.15, -0.1) is 0 Å². The zero-order valence-electron chi connectivity index (χ0n) is 12.4. The van der Waals surface area contributed by atoms with Crippen molar-refractivity contribution < 1.29 is 0 Å². The average Bonchev–Trinajstić information content (AvgIpc) is 2.31. The normalized spacial score (nSPS) is 13.1. The third-order valence-electron chi connectivity index (χ3n) is 3.22. The molecule has 0 saturated carbocycles. The Hall–Kier alpha value is -1.09. The van der Waals surface area contributed by atoms with E-state index in [-0.39, 0.29) is 0 Å². The molecule has 0 amide bonds. The minimum absolute atomic E-state index is 0.597. The predicted molar refractivity (Wildman–Crippen MR) is 78.8 cm³/mol. The van der Waals surface area contributed by atoms with Crippen LogP contribution in [0, 0.1) is 5.92 Å². The molecule has 0 bridgehead atoms. The highest BCUT2D eigenvalue weighted by Crippen LogP contribution is 2.17. The van der Waals surface area contributed by atoms with Gasteiger partial charge in [-0.3, -0.25) is 4.90 Å². The number of rotatable bonds is 7. The number of nitrogens with one attached hydrogen (secondary N) is 1. The summed E-state index contributed by atoms with van der Waals surface area (Å²) in [6.45, 7) is 10.8. The maximum absolute atomic E-state index is 4.40. The summed E-state index contributed by atoms with van der Waals surface area (Å²) in [4.78, 5) is 6.80. The standard InChI is InChI=1S/C15H27N3/c1-6-16-15-14(8-7-9-17-15)11-18(5)13(4)10-12(2)3/h7-9,12-13H,6,10-11H2,1-5H3,(H,16,17). The van der Waals surface area contributed by atoms with Crippen LogP contribution < -0.4 is 5.32 Å². The van der Waals surface area contributed by atoms with E-state index in [1.165, 1.54) is 12.0 Å². The smallest absolute Gasteiger partial charge is 0.130 e. The lowest BCUT2D eigenvalue weighted by molar-refractivity contribution is 0.221. The van der Waals surface area contributed by atoms with E-state index in [0.29, 0.717) is 6.04 Å². The van der Waals surface area contributed by atoms with Crippen LogP contribution in [-0.4, -0.2) is 29.5 Å². The van der Waals surface area contributed by atoms with Gasteiger partial charge in [0.1, 0.15) is 5.82 Å². The van der Waals surface area contributed by atoms with E-state index in [2.05, 4.69) is 56.0 Å². The molecule has 0 aliphatic heterocycles. The molecule has 0 aliphatic carbocycles. The van der Waals surface area contributed by atoms with Gasteiger partial charge >= 0.3 is 0 Å². The summed E-state index contributed by atoms with van der Waals surface area (Å²) < 4.78 is 0. The summed E-state index contributed by atoms with van der Waals surface area (Å²) in [5, 5.41) is 3.32. The van der Waals surface area contributed by atoms with Crippen LogP contribution in [0.1, 0.15) is 39.7 Å². The summed E-state index contributed by atoms with van der Waals surface area (Å²) in [6, 6.07) is 4.76. The lowest BCUT2D eigenvalue weighted by atomic mass is 10.0. The molecular formula is C15H27N3. The molecule has 18 heavy (non-hydrogen) atoms. The van der Waals surface area contributed by atoms with Crippen molar-refractivity contribution in [3.8, 4) is 0 Å². The molecule has 102 valence electrons. The zero-order valence-corrected chi connectivity index (χ0v) is 12.4. The van der Waals surface area contributed by atoms with Crippen LogP contribution in [0.15, 0.2) is 18.3 Å². The van der Waals surface area contributed by atoms with Crippen LogP contribution in [0.2, 0.25) is 0 Å². The largest absolute Gasteiger partial charge is 0.370 e. The van der Waals surface area contributed by atoms with Gasteiger partial charge in [0, 0.05) is 30.9 Å². The van der Waals surface area contributed by atoms with Crippen LogP contribution in [0.25, 0.3) is 0 Å². The summed E-state index contributed by atoms with van der Waals surface area (Å²) in [5.74, 6) is 1.76. The monoisotopic (exact) mass is 249 g/mol. The van der Waals surface area contributed by atoms with Crippen molar-refractivity contribution in [2.75, 3.05) is 18.9 Å². The van der Waals surface area contributed by atoms with E-state index < -0.39 is 0 Å². The summed E-state index contributed by atoms with van der Waals surface area (Å²) in [5.41, 5.74) is 1.28. The van der Waals surface area contributed by atoms with Crippen LogP contribution in [0.4, 0.5) is 5.82 Å². The van der Waals surface area contributed by atoms with Crippen molar-refractivity contribution in [2.24, 2.45) is 5.92 Å². The Bertz CT molecular complexity index is 349. The first-order valence-corrected chi connectivity index (χ1v) is 6.92. The maximum atomic E-state index is 4.40. The summed E-state index contributed by atoms with van der Waals surface area (Å²) in [7, 11) is 2.19. The third-order valence-corrected chi connectivity index (χ3v) is 3.22. The minimum atomic E-state index is 0.597. The fourth-order valence-electron chi connectivity index (χ4n) is 2.18. The first kappa shape index (κ1) is 15.0. The fraction of sp³-hybridized carbons (Fsp3) is 0.667. The van der Waals surface area contributed by atoms with E-state index in [0.717, 1.165) is 24.8 Å². The van der Waals surface area contributed by atoms with Crippen molar-refractivity contribution in [2.45, 2.75) is 46.7 Å². The molecule has 1 aromatic rings. The molecular weight excluding hydrogens is 222 g/mol. The molecule has 1 N–H and O–H groups in total. The molecule has 1 rings (SSSR count). The number of anilines is 1. The van der Waals surface area contributed by atoms with E-state index >= 15 is 0 Å². The van der Waals surface area contributed by atoms with Crippen LogP contribution in [0.3, 0.4) is 0 Å². The van der Waals surface area contributed by atoms with E-state index in [1.54, 1.807) is 0 Å². The molecule has 0 radical (unpaired) electrons. The van der Waals surface area contributed by atoms with Crippen molar-refractivity contribution in [1.29, 1.82) is 0 Å². The van der Waals surface area contributed by atoms with Gasteiger partial charge in [-0.2, -0.15) is 0 Å². The Balaban J connectivity index is 2.65. The maximum Gasteiger partial charge on any atom is 0.130 e. The lowest BCUT2D eigenvalue weighted by Gasteiger charge is -2.26. The quantitative estimate of drug-likeness (QED) is 0.803. The summed E-state index contributed by atoms with van der Waals surface area (Å²) >= 11 is 0. The second kappa shape index (κ2) is 7.37. The average molecular weight is 249 g/mol. The minimum Gasteiger partial charge on any atom is -0.370 e. The predicted octanol–water partition coefficient (Wildman–Crippen LogP) is 3.38. The Kier molecular flexibility index (Phi) is 6.13. The van der Waals surface area contributed by atoms with Gasteiger partial charge < -0.3 is 5.32 Å². The first-order chi connectivity index (χ1) is 8.54. The van der Waals surface area contributed by atoms with E-state index in [1.807, 2.05) is 12.3 Å². The van der Waals surface area contributed by atoms with Gasteiger partial charge in [0.05, 0.1) is 0 Å². The van der Waals surface area contributed by atoms with Gasteiger partial charge in [0.15, 0.2) is 0 Å².